The van der Waals surface area contributed by atoms with Gasteiger partial charge < -0.3 is 25.7 Å². The van der Waals surface area contributed by atoms with Gasteiger partial charge in [-0.1, -0.05) is 6.07 Å². The summed E-state index contributed by atoms with van der Waals surface area (Å²) in [6.07, 6.45) is 2.86. The number of amides is 2. The van der Waals surface area contributed by atoms with Gasteiger partial charge >= 0.3 is 0 Å². The molecule has 1 aromatic heterocycles. The molecule has 2 atom stereocenters. The summed E-state index contributed by atoms with van der Waals surface area (Å²) in [5.41, 5.74) is 7.15. The molecule has 0 unspecified atom stereocenters. The lowest BCUT2D eigenvalue weighted by Crippen LogP contribution is -2.29. The van der Waals surface area contributed by atoms with E-state index in [1.54, 1.807) is 7.05 Å². The zero-order chi connectivity index (χ0) is 17.1. The number of benzene rings is 1. The van der Waals surface area contributed by atoms with Crippen LogP contribution in [-0.4, -0.2) is 42.2 Å². The minimum Gasteiger partial charge on any atom is -0.364 e. The maximum Gasteiger partial charge on any atom is 0.253 e. The Morgan fingerprint density at radius 3 is 2.80 bits per heavy atom. The molecule has 3 rings (SSSR count). The smallest absolute Gasteiger partial charge is 0.253 e. The van der Waals surface area contributed by atoms with Gasteiger partial charge in [0, 0.05) is 25.5 Å². The van der Waals surface area contributed by atoms with Crippen LogP contribution in [0.25, 0.3) is 10.9 Å². The zero-order valence-corrected chi connectivity index (χ0v) is 14.8. The number of halogens is 1. The molecule has 0 spiro atoms. The summed E-state index contributed by atoms with van der Waals surface area (Å²) in [4.78, 5) is 23.9. The van der Waals surface area contributed by atoms with Crippen LogP contribution in [0.3, 0.4) is 0 Å². The van der Waals surface area contributed by atoms with E-state index in [1.807, 2.05) is 35.0 Å². The monoisotopic (exact) mass is 366 g/mol. The molecule has 25 heavy (non-hydrogen) atoms. The van der Waals surface area contributed by atoms with E-state index in [4.69, 9.17) is 10.5 Å². The van der Waals surface area contributed by atoms with Gasteiger partial charge in [-0.05, 0) is 36.4 Å². The van der Waals surface area contributed by atoms with Gasteiger partial charge in [0.1, 0.15) is 12.6 Å². The lowest BCUT2D eigenvalue weighted by molar-refractivity contribution is -0.126. The average molecular weight is 367 g/mol. The Morgan fingerprint density at radius 2 is 2.12 bits per heavy atom. The first-order valence-electron chi connectivity index (χ1n) is 8.06. The van der Waals surface area contributed by atoms with E-state index < -0.39 is 6.10 Å². The normalized spacial score (nSPS) is 19.4. The molecule has 7 nitrogen and oxygen atoms in total. The highest BCUT2D eigenvalue weighted by atomic mass is 35.5. The zero-order valence-electron chi connectivity index (χ0n) is 14.0. The van der Waals surface area contributed by atoms with Crippen molar-refractivity contribution in [2.75, 3.05) is 18.9 Å². The number of hydrogen-bond acceptors (Lipinski definition) is 4. The third-order valence-electron chi connectivity index (χ3n) is 4.30. The predicted molar refractivity (Wildman–Crippen MR) is 98.8 cm³/mol. The van der Waals surface area contributed by atoms with E-state index in [-0.39, 0.29) is 36.9 Å². The Bertz CT molecular complexity index is 761. The van der Waals surface area contributed by atoms with Crippen LogP contribution in [0, 0.1) is 0 Å². The van der Waals surface area contributed by atoms with Gasteiger partial charge in [0.2, 0.25) is 5.91 Å². The summed E-state index contributed by atoms with van der Waals surface area (Å²) in [7, 11) is 1.61. The lowest BCUT2D eigenvalue weighted by atomic mass is 10.2. The number of nitrogens with one attached hydrogen (secondary N) is 2. The van der Waals surface area contributed by atoms with Crippen molar-refractivity contribution in [3.8, 4) is 0 Å². The third kappa shape index (κ3) is 4.31. The summed E-state index contributed by atoms with van der Waals surface area (Å²) in [6.45, 7) is 0.671. The first-order valence-corrected chi connectivity index (χ1v) is 8.06. The second kappa shape index (κ2) is 8.33. The van der Waals surface area contributed by atoms with Gasteiger partial charge in [-0.2, -0.15) is 0 Å². The van der Waals surface area contributed by atoms with Crippen LogP contribution in [0.2, 0.25) is 0 Å². The van der Waals surface area contributed by atoms with Crippen LogP contribution in [0.1, 0.15) is 12.8 Å². The molecule has 4 N–H and O–H groups in total. The van der Waals surface area contributed by atoms with E-state index in [1.165, 1.54) is 0 Å². The summed E-state index contributed by atoms with van der Waals surface area (Å²) < 4.78 is 7.46. The van der Waals surface area contributed by atoms with Crippen molar-refractivity contribution in [1.82, 2.24) is 9.88 Å². The van der Waals surface area contributed by atoms with E-state index in [2.05, 4.69) is 10.6 Å². The highest BCUT2D eigenvalue weighted by Gasteiger charge is 2.29. The minimum absolute atomic E-state index is 0. The highest BCUT2D eigenvalue weighted by Crippen LogP contribution is 2.23. The van der Waals surface area contributed by atoms with Crippen molar-refractivity contribution in [1.29, 1.82) is 0 Å². The Hall–Kier alpha value is -2.09. The van der Waals surface area contributed by atoms with Crippen LogP contribution < -0.4 is 16.4 Å². The van der Waals surface area contributed by atoms with Crippen molar-refractivity contribution in [3.63, 3.8) is 0 Å². The van der Waals surface area contributed by atoms with Gasteiger partial charge in [0.05, 0.1) is 11.6 Å². The van der Waals surface area contributed by atoms with E-state index in [9.17, 15) is 9.59 Å². The van der Waals surface area contributed by atoms with Gasteiger partial charge in [-0.3, -0.25) is 9.59 Å². The molecule has 1 aromatic carbocycles. The Kier molecular flexibility index (Phi) is 6.41. The van der Waals surface area contributed by atoms with Gasteiger partial charge in [0.25, 0.3) is 5.91 Å². The number of nitrogens with zero attached hydrogens (tertiary/aromatic N) is 1. The molecular formula is C17H23ClN4O3. The van der Waals surface area contributed by atoms with Crippen LogP contribution in [0.4, 0.5) is 5.69 Å². The molecule has 0 radical (unpaired) electrons. The van der Waals surface area contributed by atoms with Crippen LogP contribution in [-0.2, 0) is 20.9 Å². The fraction of sp³-hybridized carbons (Fsp3) is 0.412. The molecule has 1 saturated heterocycles. The van der Waals surface area contributed by atoms with Gasteiger partial charge in [0.15, 0.2) is 0 Å². The van der Waals surface area contributed by atoms with Gasteiger partial charge in [-0.15, -0.1) is 12.4 Å². The first kappa shape index (κ1) is 19.2. The Morgan fingerprint density at radius 1 is 1.32 bits per heavy atom. The Labute approximate surface area is 152 Å². The molecule has 2 heterocycles. The largest absolute Gasteiger partial charge is 0.364 e. The van der Waals surface area contributed by atoms with E-state index >= 15 is 0 Å². The molecule has 2 amide bonds. The van der Waals surface area contributed by atoms with Crippen LogP contribution in [0.5, 0.6) is 0 Å². The molecule has 0 bridgehead atoms. The van der Waals surface area contributed by atoms with Crippen molar-refractivity contribution in [2.24, 2.45) is 5.73 Å². The molecule has 136 valence electrons. The first-order chi connectivity index (χ1) is 11.6. The molecular weight excluding hydrogens is 344 g/mol. The van der Waals surface area contributed by atoms with Gasteiger partial charge in [-0.25, -0.2) is 0 Å². The fourth-order valence-electron chi connectivity index (χ4n) is 2.93. The number of likely N-dealkylation sites (N-methyl/N-ethyl adjacent to an activating group) is 1. The van der Waals surface area contributed by atoms with Crippen molar-refractivity contribution >= 4 is 40.8 Å². The quantitative estimate of drug-likeness (QED) is 0.741. The third-order valence-corrected chi connectivity index (χ3v) is 4.30. The molecule has 2 aromatic rings. The molecule has 1 aliphatic rings. The molecule has 1 fully saturated rings. The van der Waals surface area contributed by atoms with E-state index in [0.29, 0.717) is 18.7 Å². The fourth-order valence-corrected chi connectivity index (χ4v) is 2.93. The number of fused-ring (bicyclic) bond motifs is 1. The number of anilines is 1. The summed E-state index contributed by atoms with van der Waals surface area (Å²) >= 11 is 0. The van der Waals surface area contributed by atoms with Crippen molar-refractivity contribution in [3.05, 3.63) is 30.5 Å². The average Bonchev–Trinajstić information content (AvgIpc) is 3.22. The Balaban J connectivity index is 0.00000225. The molecule has 8 heteroatoms. The second-order valence-electron chi connectivity index (χ2n) is 5.94. The number of carbonyl (C=O) groups excluding carboxylic acids is 2. The highest BCUT2D eigenvalue weighted by molar-refractivity contribution is 5.96. The lowest BCUT2D eigenvalue weighted by Gasteiger charge is -2.13. The maximum absolute atomic E-state index is 12.3. The number of carbonyl (C=O) groups is 2. The summed E-state index contributed by atoms with van der Waals surface area (Å²) in [5.74, 6) is -0.233. The standard InChI is InChI=1S/C17H22N4O3.ClH/c1-19-16(22)10-21-7-6-11-2-3-12(8-14(11)21)20-17(23)15-5-4-13(9-18)24-15;/h2-3,6-8,13,15H,4-5,9-10,18H2,1H3,(H,19,22)(H,20,23);1H/t13-,15+;/m1./s1. The number of ether oxygens (including phenoxy) is 1. The molecule has 1 aliphatic heterocycles. The minimum atomic E-state index is -0.452. The summed E-state index contributed by atoms with van der Waals surface area (Å²) in [6, 6.07) is 7.57. The maximum atomic E-state index is 12.3. The summed E-state index contributed by atoms with van der Waals surface area (Å²) in [5, 5.41) is 6.50. The van der Waals surface area contributed by atoms with Crippen LogP contribution >= 0.6 is 12.4 Å². The van der Waals surface area contributed by atoms with Crippen LogP contribution in [0.15, 0.2) is 30.5 Å². The molecule has 0 saturated carbocycles. The van der Waals surface area contributed by atoms with Crippen molar-refractivity contribution in [2.45, 2.75) is 31.6 Å². The number of hydrogen-bond donors (Lipinski definition) is 3. The van der Waals surface area contributed by atoms with Crippen molar-refractivity contribution < 1.29 is 14.3 Å². The number of rotatable bonds is 5. The second-order valence-corrected chi connectivity index (χ2v) is 5.94. The topological polar surface area (TPSA) is 98.4 Å². The van der Waals surface area contributed by atoms with E-state index in [0.717, 1.165) is 17.3 Å². The predicted octanol–water partition coefficient (Wildman–Crippen LogP) is 1.25. The SMILES string of the molecule is CNC(=O)Cn1ccc2ccc(NC(=O)[C@@H]3CC[C@H](CN)O3)cc21.Cl. The molecule has 0 aliphatic carbocycles. The number of aromatic nitrogens is 1. The number of nitrogens with two attached hydrogens (primary N) is 1.